The van der Waals surface area contributed by atoms with E-state index in [4.69, 9.17) is 4.74 Å². The highest BCUT2D eigenvalue weighted by molar-refractivity contribution is 7.15. The molecule has 0 N–H and O–H groups in total. The molecule has 1 aliphatic carbocycles. The quantitative estimate of drug-likeness (QED) is 0.0840. The number of esters is 1. The van der Waals surface area contributed by atoms with Gasteiger partial charge in [-0.25, -0.2) is 4.79 Å². The number of carbonyl (C=O) groups is 1. The largest absolute Gasteiger partial charge is 0.458 e. The van der Waals surface area contributed by atoms with Gasteiger partial charge in [-0.05, 0) is 73.6 Å². The van der Waals surface area contributed by atoms with Gasteiger partial charge < -0.3 is 4.74 Å². The third-order valence-electron chi connectivity index (χ3n) is 8.54. The number of thiophene rings is 2. The average Bonchev–Trinajstić information content (AvgIpc) is 3.64. The number of alkyl halides is 6. The van der Waals surface area contributed by atoms with Gasteiger partial charge in [-0.15, -0.1) is 22.7 Å². The fourth-order valence-corrected chi connectivity index (χ4v) is 7.87. The summed E-state index contributed by atoms with van der Waals surface area (Å²) in [6.07, 6.45) is 5.24. The summed E-state index contributed by atoms with van der Waals surface area (Å²) in [7, 11) is 0. The van der Waals surface area contributed by atoms with E-state index < -0.39 is 46.6 Å². The molecule has 0 amide bonds. The van der Waals surface area contributed by atoms with E-state index in [-0.39, 0.29) is 20.2 Å². The Morgan fingerprint density at radius 1 is 0.723 bits per heavy atom. The topological polar surface area (TPSA) is 26.3 Å². The minimum Gasteiger partial charge on any atom is -0.458 e. The molecule has 0 radical (unpaired) electrons. The lowest BCUT2D eigenvalue weighted by molar-refractivity contribution is -0.254. The zero-order chi connectivity index (χ0) is 34.1. The molecule has 0 saturated carbocycles. The summed E-state index contributed by atoms with van der Waals surface area (Å²) in [5.41, 5.74) is -1.25. The van der Waals surface area contributed by atoms with E-state index in [1.54, 1.807) is 19.1 Å². The highest BCUT2D eigenvalue weighted by atomic mass is 32.1. The van der Waals surface area contributed by atoms with Crippen molar-refractivity contribution in [3.8, 4) is 21.6 Å². The molecule has 1 aliphatic rings. The number of halogens is 6. The lowest BCUT2D eigenvalue weighted by atomic mass is 9.94. The van der Waals surface area contributed by atoms with Gasteiger partial charge in [0.15, 0.2) is 0 Å². The van der Waals surface area contributed by atoms with Gasteiger partial charge in [0.2, 0.25) is 0 Å². The number of aryl methyl sites for hydroxylation is 2. The van der Waals surface area contributed by atoms with Crippen LogP contribution in [-0.2, 0) is 4.74 Å². The number of carbonyl (C=O) groups excluding carboxylic acids is 1. The average molecular weight is 691 g/mol. The number of benzene rings is 2. The molecule has 47 heavy (non-hydrogen) atoms. The van der Waals surface area contributed by atoms with E-state index in [0.29, 0.717) is 16.9 Å². The van der Waals surface area contributed by atoms with Crippen LogP contribution < -0.4 is 0 Å². The van der Waals surface area contributed by atoms with Crippen molar-refractivity contribution >= 4 is 39.8 Å². The highest BCUT2D eigenvalue weighted by Gasteiger charge is 2.80. The van der Waals surface area contributed by atoms with E-state index in [1.165, 1.54) is 19.9 Å². The zero-order valence-electron chi connectivity index (χ0n) is 26.6. The molecular formula is C37H36F6O2S2. The fourth-order valence-electron chi connectivity index (χ4n) is 5.93. The van der Waals surface area contributed by atoms with Crippen LogP contribution in [0.15, 0.2) is 66.7 Å². The van der Waals surface area contributed by atoms with Crippen molar-refractivity contribution < 1.29 is 35.9 Å². The fraction of sp³-hybridized carbons (Fsp3) is 0.378. The lowest BCUT2D eigenvalue weighted by Gasteiger charge is -2.25. The van der Waals surface area contributed by atoms with E-state index in [9.17, 15) is 4.79 Å². The molecular weight excluding hydrogens is 655 g/mol. The van der Waals surface area contributed by atoms with Gasteiger partial charge in [0.1, 0.15) is 4.88 Å². The van der Waals surface area contributed by atoms with E-state index >= 15 is 26.3 Å². The maximum absolute atomic E-state index is 15.6. The van der Waals surface area contributed by atoms with Crippen molar-refractivity contribution in [2.75, 3.05) is 0 Å². The first-order valence-electron chi connectivity index (χ1n) is 15.7. The second-order valence-corrected chi connectivity index (χ2v) is 14.5. The first-order chi connectivity index (χ1) is 22.2. The summed E-state index contributed by atoms with van der Waals surface area (Å²) in [5, 5.41) is 0. The third-order valence-corrected chi connectivity index (χ3v) is 10.7. The summed E-state index contributed by atoms with van der Waals surface area (Å²) in [4.78, 5) is 13.5. The van der Waals surface area contributed by atoms with Gasteiger partial charge in [0.25, 0.3) is 0 Å². The highest BCUT2D eigenvalue weighted by Crippen LogP contribution is 2.66. The maximum Gasteiger partial charge on any atom is 0.380 e. The second kappa shape index (κ2) is 13.6. The summed E-state index contributed by atoms with van der Waals surface area (Å²) >= 11 is 1.82. The van der Waals surface area contributed by atoms with Crippen molar-refractivity contribution in [3.63, 3.8) is 0 Å². The molecule has 2 heterocycles. The molecule has 4 aromatic rings. The Labute approximate surface area is 279 Å². The van der Waals surface area contributed by atoms with Gasteiger partial charge in [-0.2, -0.15) is 26.3 Å². The SMILES string of the molecule is CCCCCCC[C@@H](C)OC(=O)c1cc(C2=C(c3cc(-c4ccc(-c5ccccc5)cc4)sc3C)C(F)(F)C(F)(F)C2(F)F)c(C)s1. The van der Waals surface area contributed by atoms with Crippen LogP contribution >= 0.6 is 22.7 Å². The van der Waals surface area contributed by atoms with Crippen LogP contribution in [0.1, 0.15) is 82.9 Å². The van der Waals surface area contributed by atoms with Gasteiger partial charge in [-0.1, -0.05) is 87.2 Å². The number of allylic oxidation sites excluding steroid dienone is 2. The Balaban J connectivity index is 1.51. The molecule has 2 nitrogen and oxygen atoms in total. The molecule has 250 valence electrons. The molecule has 0 unspecified atom stereocenters. The van der Waals surface area contributed by atoms with Crippen LogP contribution in [-0.4, -0.2) is 29.8 Å². The van der Waals surface area contributed by atoms with E-state index in [1.807, 2.05) is 42.5 Å². The summed E-state index contributed by atoms with van der Waals surface area (Å²) in [5.74, 6) is -16.9. The standard InChI is InChI=1S/C37H36F6O2S2/c1-5-6-7-8-10-13-22(2)45-34(44)31-21-29(24(4)47-31)33-32(35(38,39)37(42,43)36(33,40)41)28-20-30(46-23(28)3)27-18-16-26(17-19-27)25-14-11-9-12-15-25/h9,11-12,14-22H,5-8,10,13H2,1-4H3/t22-/m1/s1. The van der Waals surface area contributed by atoms with Crippen LogP contribution in [0.25, 0.3) is 32.7 Å². The molecule has 2 aromatic carbocycles. The predicted molar refractivity (Wildman–Crippen MR) is 179 cm³/mol. The van der Waals surface area contributed by atoms with Crippen LogP contribution in [0.2, 0.25) is 0 Å². The first kappa shape index (κ1) is 35.0. The first-order valence-corrected chi connectivity index (χ1v) is 17.3. The normalized spacial score (nSPS) is 17.2. The Morgan fingerprint density at radius 2 is 1.26 bits per heavy atom. The molecule has 10 heteroatoms. The monoisotopic (exact) mass is 690 g/mol. The smallest absolute Gasteiger partial charge is 0.380 e. The van der Waals surface area contributed by atoms with Gasteiger partial charge >= 0.3 is 23.7 Å². The molecule has 5 rings (SSSR count). The van der Waals surface area contributed by atoms with Crippen molar-refractivity contribution in [1.29, 1.82) is 0 Å². The predicted octanol–water partition coefficient (Wildman–Crippen LogP) is 12.5. The number of hydrogen-bond acceptors (Lipinski definition) is 4. The van der Waals surface area contributed by atoms with Gasteiger partial charge in [0.05, 0.1) is 6.10 Å². The minimum atomic E-state index is -5.70. The lowest BCUT2D eigenvalue weighted by Crippen LogP contribution is -2.48. The summed E-state index contributed by atoms with van der Waals surface area (Å²) in [6.45, 7) is 6.63. The number of unbranched alkanes of at least 4 members (excludes halogenated alkanes) is 4. The second-order valence-electron chi connectivity index (χ2n) is 12.0. The van der Waals surface area contributed by atoms with Crippen molar-refractivity contribution in [2.45, 2.75) is 90.1 Å². The Hall–Kier alpha value is -3.37. The van der Waals surface area contributed by atoms with Crippen molar-refractivity contribution in [3.05, 3.63) is 92.5 Å². The van der Waals surface area contributed by atoms with E-state index in [0.717, 1.165) is 72.0 Å². The molecule has 0 saturated heterocycles. The van der Waals surface area contributed by atoms with Crippen molar-refractivity contribution in [2.24, 2.45) is 0 Å². The van der Waals surface area contributed by atoms with Gasteiger partial charge in [-0.3, -0.25) is 0 Å². The van der Waals surface area contributed by atoms with Crippen LogP contribution in [0, 0.1) is 13.8 Å². The Bertz CT molecular complexity index is 1750. The number of hydrogen-bond donors (Lipinski definition) is 0. The molecule has 0 spiro atoms. The van der Waals surface area contributed by atoms with Crippen LogP contribution in [0.3, 0.4) is 0 Å². The van der Waals surface area contributed by atoms with Crippen LogP contribution in [0.4, 0.5) is 26.3 Å². The molecule has 2 aromatic heterocycles. The molecule has 0 aliphatic heterocycles. The van der Waals surface area contributed by atoms with E-state index in [2.05, 4.69) is 6.92 Å². The maximum atomic E-state index is 15.6. The molecule has 1 atom stereocenters. The zero-order valence-corrected chi connectivity index (χ0v) is 28.2. The molecule has 0 bridgehead atoms. The number of rotatable bonds is 12. The minimum absolute atomic E-state index is 0.0365. The van der Waals surface area contributed by atoms with Crippen molar-refractivity contribution in [1.82, 2.24) is 0 Å². The number of ether oxygens (including phenoxy) is 1. The van der Waals surface area contributed by atoms with Crippen LogP contribution in [0.5, 0.6) is 0 Å². The third kappa shape index (κ3) is 6.55. The molecule has 0 fully saturated rings. The Kier molecular flexibility index (Phi) is 10.1. The van der Waals surface area contributed by atoms with Gasteiger partial charge in [0, 0.05) is 25.8 Å². The summed E-state index contributed by atoms with van der Waals surface area (Å²) in [6, 6.07) is 19.1. The Morgan fingerprint density at radius 3 is 1.87 bits per heavy atom. The summed E-state index contributed by atoms with van der Waals surface area (Å²) < 4.78 is 98.1.